The van der Waals surface area contributed by atoms with Crippen LogP contribution in [0.4, 0.5) is 32.2 Å². The Morgan fingerprint density at radius 2 is 1.91 bits per heavy atom. The van der Waals surface area contributed by atoms with E-state index >= 15 is 0 Å². The Morgan fingerprint density at radius 3 is 2.52 bits per heavy atom. The number of halogens is 6. The van der Waals surface area contributed by atoms with E-state index in [1.54, 1.807) is 5.32 Å². The predicted molar refractivity (Wildman–Crippen MR) is 109 cm³/mol. The van der Waals surface area contributed by atoms with Crippen molar-refractivity contribution in [2.45, 2.75) is 25.6 Å². The lowest BCUT2D eigenvalue weighted by Crippen LogP contribution is -2.46. The standard InChI is InChI=1S/C21H18F6N4O2/c1-2-16(21(25,26)27)29-20(33)13-10-31(15-5-3-11(23)9-14(15)24)19-12(18(13)32)4-6-17(30-19)28-8-7-22/h3-6,9-10,16H,2,7-8H2,1H3,(H,28,30)(H,29,33)/t16-/m1/s1. The zero-order valence-corrected chi connectivity index (χ0v) is 17.1. The number of hydrogen-bond acceptors (Lipinski definition) is 4. The van der Waals surface area contributed by atoms with Gasteiger partial charge >= 0.3 is 6.18 Å². The molecule has 2 N–H and O–H groups in total. The lowest BCUT2D eigenvalue weighted by atomic mass is 10.1. The Labute approximate surface area is 183 Å². The molecule has 0 bridgehead atoms. The number of carbonyl (C=O) groups is 1. The molecule has 2 heterocycles. The maximum atomic E-state index is 14.5. The number of hydrogen-bond donors (Lipinski definition) is 2. The highest BCUT2D eigenvalue weighted by Gasteiger charge is 2.39. The monoisotopic (exact) mass is 472 g/mol. The quantitative estimate of drug-likeness (QED) is 0.508. The van der Waals surface area contributed by atoms with Crippen LogP contribution < -0.4 is 16.1 Å². The van der Waals surface area contributed by atoms with Gasteiger partial charge in [-0.05, 0) is 30.7 Å². The molecule has 0 aliphatic rings. The van der Waals surface area contributed by atoms with Crippen LogP contribution in [0.5, 0.6) is 0 Å². The number of nitrogens with zero attached hydrogens (tertiary/aromatic N) is 2. The molecule has 0 saturated carbocycles. The summed E-state index contributed by atoms with van der Waals surface area (Å²) < 4.78 is 80.7. The Kier molecular flexibility index (Phi) is 6.94. The van der Waals surface area contributed by atoms with Crippen LogP contribution in [0.3, 0.4) is 0 Å². The molecular weight excluding hydrogens is 454 g/mol. The van der Waals surface area contributed by atoms with Crippen LogP contribution in [-0.4, -0.2) is 40.9 Å². The summed E-state index contributed by atoms with van der Waals surface area (Å²) in [4.78, 5) is 29.7. The SMILES string of the molecule is CC[C@@H](NC(=O)c1cn(-c2ccc(F)cc2F)c2nc(NCCF)ccc2c1=O)C(F)(F)F. The molecule has 0 saturated heterocycles. The van der Waals surface area contributed by atoms with E-state index in [2.05, 4.69) is 10.3 Å². The maximum Gasteiger partial charge on any atom is 0.408 e. The van der Waals surface area contributed by atoms with E-state index in [0.717, 1.165) is 22.9 Å². The fourth-order valence-corrected chi connectivity index (χ4v) is 3.15. The molecule has 3 rings (SSSR count). The fraction of sp³-hybridized carbons (Fsp3) is 0.286. The molecule has 1 amide bonds. The van der Waals surface area contributed by atoms with Crippen molar-refractivity contribution in [3.05, 3.63) is 63.9 Å². The van der Waals surface area contributed by atoms with Crippen LogP contribution in [0.15, 0.2) is 41.3 Å². The highest BCUT2D eigenvalue weighted by atomic mass is 19.4. The fourth-order valence-electron chi connectivity index (χ4n) is 3.15. The van der Waals surface area contributed by atoms with Gasteiger partial charge in [-0.15, -0.1) is 0 Å². The number of benzene rings is 1. The smallest absolute Gasteiger partial charge is 0.367 e. The van der Waals surface area contributed by atoms with Crippen molar-refractivity contribution < 1.29 is 31.1 Å². The highest BCUT2D eigenvalue weighted by molar-refractivity contribution is 5.97. The first-order chi connectivity index (χ1) is 15.6. The Balaban J connectivity index is 2.23. The van der Waals surface area contributed by atoms with Crippen molar-refractivity contribution in [3.8, 4) is 5.69 Å². The highest BCUT2D eigenvalue weighted by Crippen LogP contribution is 2.24. The third-order valence-corrected chi connectivity index (χ3v) is 4.77. The van der Waals surface area contributed by atoms with E-state index in [1.807, 2.05) is 0 Å². The van der Waals surface area contributed by atoms with Crippen molar-refractivity contribution in [1.29, 1.82) is 0 Å². The largest absolute Gasteiger partial charge is 0.408 e. The van der Waals surface area contributed by atoms with Gasteiger partial charge < -0.3 is 10.6 Å². The zero-order valence-electron chi connectivity index (χ0n) is 17.1. The topological polar surface area (TPSA) is 76.0 Å². The minimum atomic E-state index is -4.75. The van der Waals surface area contributed by atoms with Crippen molar-refractivity contribution in [2.24, 2.45) is 0 Å². The van der Waals surface area contributed by atoms with Crippen molar-refractivity contribution in [2.75, 3.05) is 18.5 Å². The van der Waals surface area contributed by atoms with Crippen LogP contribution in [0, 0.1) is 11.6 Å². The zero-order chi connectivity index (χ0) is 24.3. The number of anilines is 1. The van der Waals surface area contributed by atoms with Gasteiger partial charge in [-0.1, -0.05) is 6.92 Å². The first-order valence-corrected chi connectivity index (χ1v) is 9.76. The molecule has 0 aliphatic carbocycles. The number of alkyl halides is 4. The molecule has 1 aromatic carbocycles. The van der Waals surface area contributed by atoms with Gasteiger partial charge in [0.25, 0.3) is 5.91 Å². The van der Waals surface area contributed by atoms with Gasteiger partial charge in [-0.3, -0.25) is 14.2 Å². The van der Waals surface area contributed by atoms with E-state index < -0.39 is 53.8 Å². The maximum absolute atomic E-state index is 14.5. The van der Waals surface area contributed by atoms with Crippen molar-refractivity contribution in [1.82, 2.24) is 14.9 Å². The first-order valence-electron chi connectivity index (χ1n) is 9.76. The number of aromatic nitrogens is 2. The molecular formula is C21H18F6N4O2. The van der Waals surface area contributed by atoms with Crippen LogP contribution >= 0.6 is 0 Å². The van der Waals surface area contributed by atoms with Gasteiger partial charge in [0.05, 0.1) is 11.1 Å². The first kappa shape index (κ1) is 24.1. The minimum Gasteiger partial charge on any atom is -0.367 e. The van der Waals surface area contributed by atoms with Gasteiger partial charge in [-0.2, -0.15) is 13.2 Å². The molecule has 33 heavy (non-hydrogen) atoms. The second-order valence-electron chi connectivity index (χ2n) is 7.00. The molecule has 12 heteroatoms. The molecule has 3 aromatic rings. The molecule has 0 aliphatic heterocycles. The van der Waals surface area contributed by atoms with E-state index in [1.165, 1.54) is 19.1 Å². The number of nitrogens with one attached hydrogen (secondary N) is 2. The Hall–Kier alpha value is -3.57. The lowest BCUT2D eigenvalue weighted by Gasteiger charge is -2.20. The van der Waals surface area contributed by atoms with Gasteiger partial charge in [0.1, 0.15) is 35.7 Å². The summed E-state index contributed by atoms with van der Waals surface area (Å²) in [6.07, 6.45) is -4.39. The van der Waals surface area contributed by atoms with Crippen molar-refractivity contribution in [3.63, 3.8) is 0 Å². The van der Waals surface area contributed by atoms with Gasteiger partial charge in [0.2, 0.25) is 5.43 Å². The van der Waals surface area contributed by atoms with Crippen molar-refractivity contribution >= 4 is 22.8 Å². The van der Waals surface area contributed by atoms with E-state index in [-0.39, 0.29) is 29.1 Å². The van der Waals surface area contributed by atoms with E-state index in [4.69, 9.17) is 0 Å². The molecule has 176 valence electrons. The summed E-state index contributed by atoms with van der Waals surface area (Å²) in [5.41, 5.74) is -2.12. The molecule has 0 radical (unpaired) electrons. The molecule has 0 spiro atoms. The van der Waals surface area contributed by atoms with Crippen LogP contribution in [0.1, 0.15) is 23.7 Å². The number of fused-ring (bicyclic) bond motifs is 1. The lowest BCUT2D eigenvalue weighted by molar-refractivity contribution is -0.153. The molecule has 1 atom stereocenters. The third kappa shape index (κ3) is 5.10. The molecule has 6 nitrogen and oxygen atoms in total. The second kappa shape index (κ2) is 9.51. The number of pyridine rings is 2. The Morgan fingerprint density at radius 1 is 1.18 bits per heavy atom. The van der Waals surface area contributed by atoms with E-state index in [9.17, 15) is 35.9 Å². The Bertz CT molecular complexity index is 1240. The number of amides is 1. The van der Waals surface area contributed by atoms with E-state index in [0.29, 0.717) is 6.07 Å². The van der Waals surface area contributed by atoms with Gasteiger partial charge in [0.15, 0.2) is 5.65 Å². The molecule has 0 fully saturated rings. The average Bonchev–Trinajstić information content (AvgIpc) is 2.75. The van der Waals surface area contributed by atoms with Gasteiger partial charge in [0, 0.05) is 18.8 Å². The van der Waals surface area contributed by atoms with Gasteiger partial charge in [-0.25, -0.2) is 18.2 Å². The summed E-state index contributed by atoms with van der Waals surface area (Å²) in [5.74, 6) is -3.16. The predicted octanol–water partition coefficient (Wildman–Crippen LogP) is 4.12. The number of carbonyl (C=O) groups excluding carboxylic acids is 1. The summed E-state index contributed by atoms with van der Waals surface area (Å²) in [5, 5.41) is 4.19. The third-order valence-electron chi connectivity index (χ3n) is 4.77. The summed E-state index contributed by atoms with van der Waals surface area (Å²) >= 11 is 0. The molecule has 2 aromatic heterocycles. The second-order valence-corrected chi connectivity index (χ2v) is 7.00. The van der Waals surface area contributed by atoms with Crippen LogP contribution in [0.2, 0.25) is 0 Å². The van der Waals surface area contributed by atoms with Crippen LogP contribution in [0.25, 0.3) is 16.7 Å². The summed E-state index contributed by atoms with van der Waals surface area (Å²) in [7, 11) is 0. The summed E-state index contributed by atoms with van der Waals surface area (Å²) in [6, 6.07) is 2.81. The minimum absolute atomic E-state index is 0.107. The summed E-state index contributed by atoms with van der Waals surface area (Å²) in [6.45, 7) is 0.376. The molecule has 0 unspecified atom stereocenters. The number of rotatable bonds is 7. The average molecular weight is 472 g/mol. The van der Waals surface area contributed by atoms with Crippen LogP contribution in [-0.2, 0) is 0 Å². The normalized spacial score (nSPS) is 12.6.